The predicted octanol–water partition coefficient (Wildman–Crippen LogP) is 2.94. The largest absolute Gasteiger partial charge is 0.350 e. The van der Waals surface area contributed by atoms with Crippen molar-refractivity contribution in [2.24, 2.45) is 7.05 Å². The van der Waals surface area contributed by atoms with Crippen LogP contribution in [0.25, 0.3) is 10.3 Å². The zero-order chi connectivity index (χ0) is 20.7. The molecule has 2 aliphatic rings. The second-order valence-electron chi connectivity index (χ2n) is 8.17. The van der Waals surface area contributed by atoms with E-state index in [0.29, 0.717) is 22.8 Å². The van der Waals surface area contributed by atoms with E-state index in [1.807, 2.05) is 30.3 Å². The minimum Gasteiger partial charge on any atom is -0.350 e. The highest BCUT2D eigenvalue weighted by Gasteiger charge is 2.33. The maximum Gasteiger partial charge on any atom is 0.280 e. The average Bonchev–Trinajstić information content (AvgIpc) is 3.54. The molecule has 1 amide bonds. The molecule has 0 spiro atoms. The molecule has 0 radical (unpaired) electrons. The van der Waals surface area contributed by atoms with E-state index in [1.54, 1.807) is 11.6 Å². The van der Waals surface area contributed by atoms with Gasteiger partial charge in [0.25, 0.3) is 5.56 Å². The first-order valence-corrected chi connectivity index (χ1v) is 11.4. The lowest BCUT2D eigenvalue weighted by molar-refractivity contribution is -0.123. The number of benzene rings is 1. The summed E-state index contributed by atoms with van der Waals surface area (Å²) >= 11 is 1.43. The maximum absolute atomic E-state index is 13.0. The standard InChI is InChI=1S/C22H25N5O2S/c1-26-18(15-10-11-15)25-20-17(21(26)29)24-22(30-20)27-12-6-5-9-16(27)19(28)23-13-14-7-3-2-4-8-14/h2-4,7-8,15-16H,5-6,9-13H2,1H3,(H,23,28)/t16-/m1/s1. The van der Waals surface area contributed by atoms with Gasteiger partial charge < -0.3 is 10.2 Å². The van der Waals surface area contributed by atoms with E-state index in [4.69, 9.17) is 4.98 Å². The monoisotopic (exact) mass is 423 g/mol. The number of carbonyl (C=O) groups excluding carboxylic acids is 1. The van der Waals surface area contributed by atoms with Crippen LogP contribution in [0.2, 0.25) is 0 Å². The Morgan fingerprint density at radius 3 is 2.73 bits per heavy atom. The van der Waals surface area contributed by atoms with Crippen LogP contribution >= 0.6 is 11.3 Å². The third-order valence-electron chi connectivity index (χ3n) is 5.97. The second kappa shape index (κ2) is 7.83. The quantitative estimate of drug-likeness (QED) is 0.683. The molecule has 8 heteroatoms. The number of piperidine rings is 1. The number of fused-ring (bicyclic) bond motifs is 1. The van der Waals surface area contributed by atoms with Crippen LogP contribution in [0.15, 0.2) is 35.1 Å². The normalized spacial score (nSPS) is 19.2. The molecule has 3 aromatic rings. The van der Waals surface area contributed by atoms with Gasteiger partial charge in [-0.3, -0.25) is 14.2 Å². The zero-order valence-electron chi connectivity index (χ0n) is 17.0. The smallest absolute Gasteiger partial charge is 0.280 e. The first-order chi connectivity index (χ1) is 14.6. The number of nitrogens with one attached hydrogen (secondary N) is 1. The molecule has 7 nitrogen and oxygen atoms in total. The van der Waals surface area contributed by atoms with Crippen LogP contribution in [0.3, 0.4) is 0 Å². The average molecular weight is 424 g/mol. The number of amides is 1. The van der Waals surface area contributed by atoms with E-state index < -0.39 is 0 Å². The Morgan fingerprint density at radius 1 is 1.17 bits per heavy atom. The summed E-state index contributed by atoms with van der Waals surface area (Å²) in [7, 11) is 1.78. The van der Waals surface area contributed by atoms with Crippen molar-refractivity contribution in [1.29, 1.82) is 0 Å². The minimum absolute atomic E-state index is 0.0114. The molecule has 1 aliphatic heterocycles. The van der Waals surface area contributed by atoms with Crippen molar-refractivity contribution in [3.05, 3.63) is 52.1 Å². The maximum atomic E-state index is 13.0. The summed E-state index contributed by atoms with van der Waals surface area (Å²) in [5.74, 6) is 1.26. The van der Waals surface area contributed by atoms with Gasteiger partial charge >= 0.3 is 0 Å². The molecule has 2 aromatic heterocycles. The summed E-state index contributed by atoms with van der Waals surface area (Å²) in [5.41, 5.74) is 1.40. The van der Waals surface area contributed by atoms with Gasteiger partial charge in [-0.2, -0.15) is 0 Å². The number of hydrogen-bond acceptors (Lipinski definition) is 6. The summed E-state index contributed by atoms with van der Waals surface area (Å²) in [6, 6.07) is 9.65. The number of nitrogens with zero attached hydrogens (tertiary/aromatic N) is 4. The van der Waals surface area contributed by atoms with Crippen molar-refractivity contribution in [2.75, 3.05) is 11.4 Å². The van der Waals surface area contributed by atoms with Crippen molar-refractivity contribution in [2.45, 2.75) is 50.6 Å². The van der Waals surface area contributed by atoms with Gasteiger partial charge in [-0.25, -0.2) is 9.97 Å². The van der Waals surface area contributed by atoms with Crippen LogP contribution in [0, 0.1) is 0 Å². The number of carbonyl (C=O) groups is 1. The van der Waals surface area contributed by atoms with Crippen LogP contribution in [0.5, 0.6) is 0 Å². The Balaban J connectivity index is 1.41. The van der Waals surface area contributed by atoms with Crippen LogP contribution in [0.4, 0.5) is 5.13 Å². The van der Waals surface area contributed by atoms with Crippen molar-refractivity contribution in [3.63, 3.8) is 0 Å². The van der Waals surface area contributed by atoms with E-state index in [0.717, 1.165) is 55.2 Å². The molecule has 0 unspecified atom stereocenters. The molecule has 2 fully saturated rings. The van der Waals surface area contributed by atoms with E-state index in [-0.39, 0.29) is 17.5 Å². The molecule has 1 aromatic carbocycles. The molecular weight excluding hydrogens is 398 g/mol. The van der Waals surface area contributed by atoms with Gasteiger partial charge in [0.15, 0.2) is 15.5 Å². The van der Waals surface area contributed by atoms with Crippen LogP contribution in [0.1, 0.15) is 49.4 Å². The molecule has 1 N–H and O–H groups in total. The summed E-state index contributed by atoms with van der Waals surface area (Å²) in [6.07, 6.45) is 4.99. The van der Waals surface area contributed by atoms with Crippen LogP contribution < -0.4 is 15.8 Å². The number of rotatable bonds is 5. The lowest BCUT2D eigenvalue weighted by atomic mass is 10.0. The second-order valence-corrected chi connectivity index (χ2v) is 9.12. The van der Waals surface area contributed by atoms with Gasteiger partial charge in [-0.1, -0.05) is 41.7 Å². The van der Waals surface area contributed by atoms with E-state index in [9.17, 15) is 9.59 Å². The lowest BCUT2D eigenvalue weighted by Crippen LogP contribution is -2.49. The SMILES string of the molecule is Cn1c(C2CC2)nc2sc(N3CCCC[C@@H]3C(=O)NCc3ccccc3)nc2c1=O. The van der Waals surface area contributed by atoms with Gasteiger partial charge in [-0.15, -0.1) is 0 Å². The molecule has 1 atom stereocenters. The highest BCUT2D eigenvalue weighted by atomic mass is 32.1. The van der Waals surface area contributed by atoms with E-state index in [2.05, 4.69) is 15.2 Å². The highest BCUT2D eigenvalue weighted by Crippen LogP contribution is 2.39. The molecule has 30 heavy (non-hydrogen) atoms. The van der Waals surface area contributed by atoms with Gasteiger partial charge in [0.2, 0.25) is 5.91 Å². The molecule has 3 heterocycles. The fourth-order valence-electron chi connectivity index (χ4n) is 4.12. The fourth-order valence-corrected chi connectivity index (χ4v) is 5.14. The van der Waals surface area contributed by atoms with E-state index in [1.165, 1.54) is 11.3 Å². The van der Waals surface area contributed by atoms with Gasteiger partial charge in [-0.05, 0) is 37.7 Å². The predicted molar refractivity (Wildman–Crippen MR) is 118 cm³/mol. The highest BCUT2D eigenvalue weighted by molar-refractivity contribution is 7.21. The van der Waals surface area contributed by atoms with Crippen LogP contribution in [-0.4, -0.2) is 33.0 Å². The zero-order valence-corrected chi connectivity index (χ0v) is 17.8. The minimum atomic E-state index is -0.269. The Hall–Kier alpha value is -2.74. The van der Waals surface area contributed by atoms with E-state index >= 15 is 0 Å². The van der Waals surface area contributed by atoms with Gasteiger partial charge in [0.1, 0.15) is 11.9 Å². The molecule has 1 saturated carbocycles. The third kappa shape index (κ3) is 3.60. The van der Waals surface area contributed by atoms with Crippen molar-refractivity contribution < 1.29 is 4.79 Å². The van der Waals surface area contributed by atoms with Crippen molar-refractivity contribution in [1.82, 2.24) is 19.9 Å². The fraction of sp³-hybridized carbons (Fsp3) is 0.455. The number of aromatic nitrogens is 3. The molecule has 1 aliphatic carbocycles. The molecule has 5 rings (SSSR count). The van der Waals surface area contributed by atoms with Crippen LogP contribution in [-0.2, 0) is 18.4 Å². The summed E-state index contributed by atoms with van der Waals surface area (Å²) < 4.78 is 1.64. The first-order valence-electron chi connectivity index (χ1n) is 10.6. The first kappa shape index (κ1) is 19.2. The van der Waals surface area contributed by atoms with Crippen molar-refractivity contribution >= 4 is 32.7 Å². The lowest BCUT2D eigenvalue weighted by Gasteiger charge is -2.34. The van der Waals surface area contributed by atoms with Gasteiger partial charge in [0, 0.05) is 26.1 Å². The van der Waals surface area contributed by atoms with Crippen molar-refractivity contribution in [3.8, 4) is 0 Å². The Bertz CT molecular complexity index is 1140. The molecular formula is C22H25N5O2S. The Kier molecular flexibility index (Phi) is 5.02. The number of thiazole rings is 1. The van der Waals surface area contributed by atoms with Gasteiger partial charge in [0.05, 0.1) is 0 Å². The number of hydrogen-bond donors (Lipinski definition) is 1. The third-order valence-corrected chi connectivity index (χ3v) is 6.95. The summed E-state index contributed by atoms with van der Waals surface area (Å²) in [4.78, 5) is 37.9. The summed E-state index contributed by atoms with van der Waals surface area (Å²) in [5, 5.41) is 3.79. The number of anilines is 1. The Morgan fingerprint density at radius 2 is 1.97 bits per heavy atom. The molecule has 1 saturated heterocycles. The topological polar surface area (TPSA) is 80.1 Å². The molecule has 0 bridgehead atoms. The summed E-state index contributed by atoms with van der Waals surface area (Å²) in [6.45, 7) is 1.27. The Labute approximate surface area is 178 Å². The molecule has 156 valence electrons.